The quantitative estimate of drug-likeness (QED) is 0.446. The fraction of sp³-hybridized carbons (Fsp3) is 0.455. The van der Waals surface area contributed by atoms with Crippen LogP contribution in [0.25, 0.3) is 0 Å². The zero-order chi connectivity index (χ0) is 12.7. The van der Waals surface area contributed by atoms with Crippen LogP contribution >= 0.6 is 7.82 Å². The molecular formula is C11H18NO4P. The van der Waals surface area contributed by atoms with Gasteiger partial charge < -0.3 is 10.6 Å². The van der Waals surface area contributed by atoms with Crippen LogP contribution in [0.3, 0.4) is 0 Å². The minimum atomic E-state index is -3.84. The summed E-state index contributed by atoms with van der Waals surface area (Å²) in [7, 11) is -3.84. The van der Waals surface area contributed by atoms with Crippen molar-refractivity contribution in [1.82, 2.24) is 0 Å². The van der Waals surface area contributed by atoms with Gasteiger partial charge in [-0.05, 0) is 37.5 Å². The van der Waals surface area contributed by atoms with Crippen molar-refractivity contribution >= 4 is 13.5 Å². The topological polar surface area (TPSA) is 81.8 Å². The highest BCUT2D eigenvalue weighted by Crippen LogP contribution is 2.42. The molecule has 0 saturated carbocycles. The molecule has 0 aromatic heterocycles. The number of nitrogen functional groups attached to an aromatic ring is 1. The average Bonchev–Trinajstić information content (AvgIpc) is 2.27. The molecule has 1 aromatic rings. The normalized spacial score (nSPS) is 14.5. The molecule has 0 bridgehead atoms. The molecule has 5 nitrogen and oxygen atoms in total. The maximum atomic E-state index is 11.2. The fourth-order valence-corrected chi connectivity index (χ4v) is 2.10. The molecule has 0 spiro atoms. The maximum absolute atomic E-state index is 11.2. The number of rotatable bonds is 7. The van der Waals surface area contributed by atoms with Gasteiger partial charge in [-0.1, -0.05) is 12.1 Å². The third kappa shape index (κ3) is 5.84. The van der Waals surface area contributed by atoms with E-state index in [1.165, 1.54) is 0 Å². The number of hydrogen-bond acceptors (Lipinski definition) is 4. The van der Waals surface area contributed by atoms with Crippen LogP contribution in [0.1, 0.15) is 18.9 Å². The summed E-state index contributed by atoms with van der Waals surface area (Å²) < 4.78 is 20.5. The zero-order valence-corrected chi connectivity index (χ0v) is 10.7. The number of benzene rings is 1. The highest BCUT2D eigenvalue weighted by atomic mass is 31.2. The van der Waals surface area contributed by atoms with Gasteiger partial charge in [-0.2, -0.15) is 0 Å². The van der Waals surface area contributed by atoms with Crippen LogP contribution in [-0.4, -0.2) is 18.1 Å². The molecule has 0 aliphatic rings. The number of aryl methyl sites for hydroxylation is 1. The first kappa shape index (κ1) is 14.2. The molecule has 3 N–H and O–H groups in total. The average molecular weight is 259 g/mol. The van der Waals surface area contributed by atoms with E-state index in [1.54, 1.807) is 6.92 Å². The van der Waals surface area contributed by atoms with E-state index in [0.717, 1.165) is 17.7 Å². The van der Waals surface area contributed by atoms with Crippen molar-refractivity contribution in [1.29, 1.82) is 0 Å². The van der Waals surface area contributed by atoms with Crippen molar-refractivity contribution in [3.63, 3.8) is 0 Å². The Morgan fingerprint density at radius 3 is 2.53 bits per heavy atom. The van der Waals surface area contributed by atoms with Gasteiger partial charge in [0.15, 0.2) is 0 Å². The SMILES string of the molecule is CCOP(=O)(O)OCCCc1ccc(N)cc1. The second kappa shape index (κ2) is 6.77. The molecule has 0 aliphatic carbocycles. The third-order valence-electron chi connectivity index (χ3n) is 2.14. The summed E-state index contributed by atoms with van der Waals surface area (Å²) in [5.74, 6) is 0. The third-order valence-corrected chi connectivity index (χ3v) is 3.23. The van der Waals surface area contributed by atoms with Crippen LogP contribution < -0.4 is 5.73 Å². The summed E-state index contributed by atoms with van der Waals surface area (Å²) >= 11 is 0. The Balaban J connectivity index is 2.24. The van der Waals surface area contributed by atoms with Crippen LogP contribution in [0.5, 0.6) is 0 Å². The molecule has 0 amide bonds. The molecule has 0 radical (unpaired) electrons. The Bertz CT molecular complexity index is 380. The van der Waals surface area contributed by atoms with Gasteiger partial charge in [0.05, 0.1) is 13.2 Å². The summed E-state index contributed by atoms with van der Waals surface area (Å²) in [4.78, 5) is 9.14. The number of hydrogen-bond donors (Lipinski definition) is 2. The molecule has 1 atom stereocenters. The van der Waals surface area contributed by atoms with Crippen LogP contribution in [0.2, 0.25) is 0 Å². The molecule has 0 heterocycles. The minimum absolute atomic E-state index is 0.158. The minimum Gasteiger partial charge on any atom is -0.399 e. The van der Waals surface area contributed by atoms with Crippen LogP contribution in [0.4, 0.5) is 5.69 Å². The van der Waals surface area contributed by atoms with Gasteiger partial charge >= 0.3 is 7.82 Å². The summed E-state index contributed by atoms with van der Waals surface area (Å²) in [6, 6.07) is 7.51. The lowest BCUT2D eigenvalue weighted by molar-refractivity contribution is 0.154. The van der Waals surface area contributed by atoms with Crippen molar-refractivity contribution in [3.8, 4) is 0 Å². The predicted molar refractivity (Wildman–Crippen MR) is 66.6 cm³/mol. The van der Waals surface area contributed by atoms with Crippen molar-refractivity contribution in [3.05, 3.63) is 29.8 Å². The first-order valence-electron chi connectivity index (χ1n) is 5.50. The molecule has 0 saturated heterocycles. The summed E-state index contributed by atoms with van der Waals surface area (Å²) in [6.45, 7) is 1.99. The van der Waals surface area contributed by atoms with Crippen molar-refractivity contribution in [2.24, 2.45) is 0 Å². The monoisotopic (exact) mass is 259 g/mol. The number of anilines is 1. The van der Waals surface area contributed by atoms with E-state index in [9.17, 15) is 4.57 Å². The van der Waals surface area contributed by atoms with Crippen molar-refractivity contribution in [2.75, 3.05) is 18.9 Å². The zero-order valence-electron chi connectivity index (χ0n) is 9.83. The number of phosphoric ester groups is 1. The highest BCUT2D eigenvalue weighted by molar-refractivity contribution is 7.47. The Morgan fingerprint density at radius 1 is 1.29 bits per heavy atom. The molecule has 1 unspecified atom stereocenters. The molecule has 0 fully saturated rings. The van der Waals surface area contributed by atoms with Crippen LogP contribution in [0, 0.1) is 0 Å². The van der Waals surface area contributed by atoms with E-state index < -0.39 is 7.82 Å². The highest BCUT2D eigenvalue weighted by Gasteiger charge is 2.18. The Kier molecular flexibility index (Phi) is 5.65. The predicted octanol–water partition coefficient (Wildman–Crippen LogP) is 2.35. The second-order valence-corrected chi connectivity index (χ2v) is 5.02. The van der Waals surface area contributed by atoms with Crippen molar-refractivity contribution < 1.29 is 18.5 Å². The van der Waals surface area contributed by atoms with E-state index >= 15 is 0 Å². The van der Waals surface area contributed by atoms with Crippen LogP contribution in [0.15, 0.2) is 24.3 Å². The van der Waals surface area contributed by atoms with E-state index in [-0.39, 0.29) is 13.2 Å². The van der Waals surface area contributed by atoms with E-state index in [0.29, 0.717) is 6.42 Å². The smallest absolute Gasteiger partial charge is 0.399 e. The summed E-state index contributed by atoms with van der Waals surface area (Å²) in [5, 5.41) is 0. The van der Waals surface area contributed by atoms with Gasteiger partial charge in [0.25, 0.3) is 0 Å². The van der Waals surface area contributed by atoms with Gasteiger partial charge in [0.2, 0.25) is 0 Å². The Morgan fingerprint density at radius 2 is 1.94 bits per heavy atom. The van der Waals surface area contributed by atoms with E-state index in [2.05, 4.69) is 4.52 Å². The standard InChI is InChI=1S/C11H18NO4P/c1-2-15-17(13,14)16-9-3-4-10-5-7-11(12)8-6-10/h5-8H,2-4,9,12H2,1H3,(H,13,14). The molecule has 0 aliphatic heterocycles. The van der Waals surface area contributed by atoms with Crippen molar-refractivity contribution in [2.45, 2.75) is 19.8 Å². The lowest BCUT2D eigenvalue weighted by atomic mass is 10.1. The van der Waals surface area contributed by atoms with Gasteiger partial charge in [0.1, 0.15) is 0 Å². The largest absolute Gasteiger partial charge is 0.472 e. The molecule has 17 heavy (non-hydrogen) atoms. The van der Waals surface area contributed by atoms with Crippen LogP contribution in [-0.2, 0) is 20.0 Å². The summed E-state index contributed by atoms with van der Waals surface area (Å²) in [6.07, 6.45) is 1.42. The van der Waals surface area contributed by atoms with Gasteiger partial charge in [-0.25, -0.2) is 4.57 Å². The molecule has 1 aromatic carbocycles. The van der Waals surface area contributed by atoms with E-state index in [4.69, 9.17) is 15.2 Å². The molecule has 1 rings (SSSR count). The first-order chi connectivity index (χ1) is 8.03. The molecule has 6 heteroatoms. The van der Waals surface area contributed by atoms with Gasteiger partial charge in [-0.15, -0.1) is 0 Å². The lowest BCUT2D eigenvalue weighted by Gasteiger charge is -2.10. The van der Waals surface area contributed by atoms with E-state index in [1.807, 2.05) is 24.3 Å². The van der Waals surface area contributed by atoms with Gasteiger partial charge in [-0.3, -0.25) is 9.05 Å². The number of phosphoric acid groups is 1. The maximum Gasteiger partial charge on any atom is 0.472 e. The fourth-order valence-electron chi connectivity index (χ4n) is 1.34. The lowest BCUT2D eigenvalue weighted by Crippen LogP contribution is -1.98. The second-order valence-electron chi connectivity index (χ2n) is 3.56. The number of nitrogens with two attached hydrogens (primary N) is 1. The first-order valence-corrected chi connectivity index (χ1v) is 6.99. The van der Waals surface area contributed by atoms with Gasteiger partial charge in [0, 0.05) is 5.69 Å². The summed E-state index contributed by atoms with van der Waals surface area (Å²) in [5.41, 5.74) is 7.40. The Labute approximate surface area is 101 Å². The molecule has 96 valence electrons. The Hall–Kier alpha value is -0.870. The molecular weight excluding hydrogens is 241 g/mol.